The van der Waals surface area contributed by atoms with Crippen molar-refractivity contribution in [2.75, 3.05) is 0 Å². The molecular formula is C6H4BrF3N2O2S. The summed E-state index contributed by atoms with van der Waals surface area (Å²) in [4.78, 5) is 2.08. The van der Waals surface area contributed by atoms with Gasteiger partial charge in [0.2, 0.25) is 16.0 Å². The van der Waals surface area contributed by atoms with Crippen molar-refractivity contribution in [2.24, 2.45) is 5.14 Å². The molecule has 0 aromatic carbocycles. The van der Waals surface area contributed by atoms with Gasteiger partial charge in [-0.2, -0.15) is 4.39 Å². The van der Waals surface area contributed by atoms with Gasteiger partial charge in [-0.1, -0.05) is 0 Å². The lowest BCUT2D eigenvalue weighted by Gasteiger charge is -2.08. The van der Waals surface area contributed by atoms with Gasteiger partial charge in [-0.05, 0) is 15.9 Å². The normalized spacial score (nSPS) is 12.1. The number of pyridine rings is 1. The predicted octanol–water partition coefficient (Wildman–Crippen LogP) is 1.57. The molecule has 9 heteroatoms. The van der Waals surface area contributed by atoms with Gasteiger partial charge in [-0.25, -0.2) is 27.3 Å². The van der Waals surface area contributed by atoms with Gasteiger partial charge in [0.1, 0.15) is 4.90 Å². The highest BCUT2D eigenvalue weighted by Crippen LogP contribution is 2.33. The van der Waals surface area contributed by atoms with Crippen LogP contribution < -0.4 is 5.14 Å². The Kier molecular flexibility index (Phi) is 3.36. The lowest BCUT2D eigenvalue weighted by molar-refractivity contribution is 0.146. The molecule has 1 rings (SSSR count). The van der Waals surface area contributed by atoms with E-state index in [0.717, 1.165) is 0 Å². The molecule has 2 N–H and O–H groups in total. The minimum Gasteiger partial charge on any atom is -0.226 e. The molecule has 0 unspecified atom stereocenters. The third-order valence-corrected chi connectivity index (χ3v) is 3.20. The van der Waals surface area contributed by atoms with Gasteiger partial charge >= 0.3 is 0 Å². The Bertz CT molecular complexity index is 491. The molecule has 0 aliphatic rings. The first-order valence-corrected chi connectivity index (χ1v) is 5.74. The molecule has 0 saturated carbocycles. The fourth-order valence-electron chi connectivity index (χ4n) is 0.891. The third-order valence-electron chi connectivity index (χ3n) is 1.50. The highest BCUT2D eigenvalue weighted by atomic mass is 79.9. The van der Waals surface area contributed by atoms with Crippen LogP contribution in [-0.2, 0) is 10.0 Å². The number of hydrogen-bond donors (Lipinski definition) is 1. The first-order valence-electron chi connectivity index (χ1n) is 3.40. The summed E-state index contributed by atoms with van der Waals surface area (Å²) < 4.78 is 58.8. The molecule has 0 bridgehead atoms. The maximum absolute atomic E-state index is 12.8. The smallest absolute Gasteiger partial charge is 0.226 e. The van der Waals surface area contributed by atoms with Gasteiger partial charge in [0.25, 0.3) is 6.43 Å². The van der Waals surface area contributed by atoms with Crippen LogP contribution >= 0.6 is 15.9 Å². The first kappa shape index (κ1) is 12.4. The van der Waals surface area contributed by atoms with Crippen molar-refractivity contribution in [1.29, 1.82) is 0 Å². The molecule has 0 spiro atoms. The largest absolute Gasteiger partial charge is 0.266 e. The summed E-state index contributed by atoms with van der Waals surface area (Å²) in [5.74, 6) is -1.22. The van der Waals surface area contributed by atoms with Crippen LogP contribution in [0.3, 0.4) is 0 Å². The van der Waals surface area contributed by atoms with E-state index in [1.54, 1.807) is 0 Å². The molecule has 84 valence electrons. The average Bonchev–Trinajstić information content (AvgIpc) is 2.06. The second-order valence-electron chi connectivity index (χ2n) is 2.49. The van der Waals surface area contributed by atoms with Crippen molar-refractivity contribution in [3.05, 3.63) is 22.2 Å². The van der Waals surface area contributed by atoms with E-state index in [-0.39, 0.29) is 0 Å². The van der Waals surface area contributed by atoms with Gasteiger partial charge in [0.15, 0.2) is 0 Å². The number of primary sulfonamides is 1. The molecule has 15 heavy (non-hydrogen) atoms. The first-order chi connectivity index (χ1) is 6.75. The van der Waals surface area contributed by atoms with E-state index in [1.807, 2.05) is 0 Å². The molecule has 0 aliphatic carbocycles. The fraction of sp³-hybridized carbons (Fsp3) is 0.167. The number of rotatable bonds is 2. The number of halogens is 4. The summed E-state index contributed by atoms with van der Waals surface area (Å²) in [6, 6.07) is 0. The zero-order chi connectivity index (χ0) is 11.8. The summed E-state index contributed by atoms with van der Waals surface area (Å²) in [6.45, 7) is 0. The van der Waals surface area contributed by atoms with Gasteiger partial charge in [-0.3, -0.25) is 0 Å². The van der Waals surface area contributed by atoms with Crippen LogP contribution in [0.5, 0.6) is 0 Å². The summed E-state index contributed by atoms with van der Waals surface area (Å²) >= 11 is 2.49. The maximum Gasteiger partial charge on any atom is 0.266 e. The maximum atomic E-state index is 12.8. The van der Waals surface area contributed by atoms with E-state index >= 15 is 0 Å². The summed E-state index contributed by atoms with van der Waals surface area (Å²) in [6.07, 6.45) is -2.72. The lowest BCUT2D eigenvalue weighted by atomic mass is 10.3. The van der Waals surface area contributed by atoms with Crippen LogP contribution in [0.15, 0.2) is 15.6 Å². The van der Waals surface area contributed by atoms with E-state index in [0.29, 0.717) is 6.20 Å². The zero-order valence-electron chi connectivity index (χ0n) is 6.92. The van der Waals surface area contributed by atoms with Crippen LogP contribution in [-0.4, -0.2) is 13.4 Å². The van der Waals surface area contributed by atoms with Crippen molar-refractivity contribution < 1.29 is 21.6 Å². The molecule has 0 radical (unpaired) electrons. The van der Waals surface area contributed by atoms with Crippen molar-refractivity contribution >= 4 is 26.0 Å². The Morgan fingerprint density at radius 1 is 1.47 bits per heavy atom. The second kappa shape index (κ2) is 4.06. The van der Waals surface area contributed by atoms with Crippen LogP contribution in [0.1, 0.15) is 12.0 Å². The van der Waals surface area contributed by atoms with Gasteiger partial charge < -0.3 is 0 Å². The fourth-order valence-corrected chi connectivity index (χ4v) is 2.21. The minimum absolute atomic E-state index is 0.455. The van der Waals surface area contributed by atoms with Gasteiger partial charge in [-0.15, -0.1) is 0 Å². The Labute approximate surface area is 91.5 Å². The SMILES string of the molecule is NS(=O)(=O)c1cnc(F)c(Br)c1C(F)F. The topological polar surface area (TPSA) is 73.1 Å². The Morgan fingerprint density at radius 2 is 2.00 bits per heavy atom. The third kappa shape index (κ3) is 2.47. The summed E-state index contributed by atoms with van der Waals surface area (Å²) in [7, 11) is -4.36. The molecular weight excluding hydrogens is 301 g/mol. The molecule has 0 fully saturated rings. The predicted molar refractivity (Wildman–Crippen MR) is 48.2 cm³/mol. The monoisotopic (exact) mass is 304 g/mol. The van der Waals surface area contributed by atoms with Crippen molar-refractivity contribution in [1.82, 2.24) is 4.98 Å². The lowest BCUT2D eigenvalue weighted by Crippen LogP contribution is -2.16. The van der Waals surface area contributed by atoms with Gasteiger partial charge in [0.05, 0.1) is 16.2 Å². The molecule has 0 amide bonds. The molecule has 0 aliphatic heterocycles. The molecule has 4 nitrogen and oxygen atoms in total. The van der Waals surface area contributed by atoms with Crippen molar-refractivity contribution in [3.63, 3.8) is 0 Å². The Hall–Kier alpha value is -0.670. The van der Waals surface area contributed by atoms with Gasteiger partial charge in [0, 0.05) is 0 Å². The molecule has 0 atom stereocenters. The standard InChI is InChI=1S/C6H4BrF3N2O2S/c7-4-3(5(8)9)2(15(11,13)14)1-12-6(4)10/h1,5H,(H2,11,13,14). The summed E-state index contributed by atoms with van der Waals surface area (Å²) in [5, 5.41) is 4.67. The van der Waals surface area contributed by atoms with Crippen LogP contribution in [0, 0.1) is 5.95 Å². The highest BCUT2D eigenvalue weighted by Gasteiger charge is 2.26. The zero-order valence-corrected chi connectivity index (χ0v) is 9.32. The minimum atomic E-state index is -4.36. The van der Waals surface area contributed by atoms with E-state index in [9.17, 15) is 21.6 Å². The van der Waals surface area contributed by atoms with Crippen molar-refractivity contribution in [3.8, 4) is 0 Å². The quantitative estimate of drug-likeness (QED) is 0.843. The number of nitrogens with zero attached hydrogens (tertiary/aromatic N) is 1. The number of nitrogens with two attached hydrogens (primary N) is 1. The highest BCUT2D eigenvalue weighted by molar-refractivity contribution is 9.10. The molecule has 1 heterocycles. The summed E-state index contributed by atoms with van der Waals surface area (Å²) in [5.41, 5.74) is -1.02. The average molecular weight is 305 g/mol. The van der Waals surface area contributed by atoms with Crippen LogP contribution in [0.2, 0.25) is 0 Å². The molecule has 1 aromatic heterocycles. The number of alkyl halides is 2. The molecule has 1 aromatic rings. The molecule has 0 saturated heterocycles. The Morgan fingerprint density at radius 3 is 2.40 bits per heavy atom. The number of sulfonamides is 1. The van der Waals surface area contributed by atoms with E-state index in [1.165, 1.54) is 0 Å². The number of aromatic nitrogens is 1. The van der Waals surface area contributed by atoms with Crippen LogP contribution in [0.4, 0.5) is 13.2 Å². The van der Waals surface area contributed by atoms with Crippen LogP contribution in [0.25, 0.3) is 0 Å². The van der Waals surface area contributed by atoms with Crippen molar-refractivity contribution in [2.45, 2.75) is 11.3 Å². The van der Waals surface area contributed by atoms with E-state index in [4.69, 9.17) is 0 Å². The van der Waals surface area contributed by atoms with E-state index in [2.05, 4.69) is 26.1 Å². The Balaban J connectivity index is 3.62. The number of hydrogen-bond acceptors (Lipinski definition) is 3. The second-order valence-corrected chi connectivity index (χ2v) is 4.81. The van der Waals surface area contributed by atoms with E-state index < -0.39 is 37.3 Å².